The Bertz CT molecular complexity index is 1240. The summed E-state index contributed by atoms with van der Waals surface area (Å²) in [6.45, 7) is 5.91. The second kappa shape index (κ2) is 7.84. The van der Waals surface area contributed by atoms with Gasteiger partial charge in [0, 0.05) is 16.9 Å². The van der Waals surface area contributed by atoms with E-state index in [0.29, 0.717) is 15.3 Å². The van der Waals surface area contributed by atoms with Crippen LogP contribution in [0.2, 0.25) is 0 Å². The first-order valence-corrected chi connectivity index (χ1v) is 10.8. The van der Waals surface area contributed by atoms with Gasteiger partial charge in [-0.3, -0.25) is 19.5 Å². The van der Waals surface area contributed by atoms with Gasteiger partial charge in [-0.05, 0) is 12.5 Å². The second-order valence-electron chi connectivity index (χ2n) is 7.02. The highest BCUT2D eigenvalue weighted by Crippen LogP contribution is 2.30. The third-order valence-electron chi connectivity index (χ3n) is 4.42. The van der Waals surface area contributed by atoms with E-state index in [1.54, 1.807) is 0 Å². The highest BCUT2D eigenvalue weighted by Gasteiger charge is 2.16. The highest BCUT2D eigenvalue weighted by atomic mass is 32.1. The summed E-state index contributed by atoms with van der Waals surface area (Å²) < 4.78 is 1.33. The third kappa shape index (κ3) is 3.96. The average Bonchev–Trinajstić information content (AvgIpc) is 3.32. The largest absolute Gasteiger partial charge is 0.299 e. The van der Waals surface area contributed by atoms with Gasteiger partial charge in [0.05, 0.1) is 11.7 Å². The van der Waals surface area contributed by atoms with Crippen molar-refractivity contribution in [3.05, 3.63) is 56.9 Å². The van der Waals surface area contributed by atoms with Crippen LogP contribution in [0.15, 0.2) is 40.8 Å². The number of rotatable bonds is 5. The van der Waals surface area contributed by atoms with E-state index in [9.17, 15) is 9.59 Å². The topological polar surface area (TPSA) is 89.8 Å². The smallest absolute Gasteiger partial charge is 0.263 e. The number of nitrogens with zero attached hydrogens (tertiary/aromatic N) is 4. The summed E-state index contributed by atoms with van der Waals surface area (Å²) in [5.74, 6) is -0.0991. The molecule has 1 N–H and O–H groups in total. The van der Waals surface area contributed by atoms with Gasteiger partial charge < -0.3 is 0 Å². The lowest BCUT2D eigenvalue weighted by molar-refractivity contribution is -0.116. The Morgan fingerprint density at radius 1 is 1.21 bits per heavy atom. The molecule has 0 fully saturated rings. The first-order chi connectivity index (χ1) is 13.9. The van der Waals surface area contributed by atoms with Crippen LogP contribution in [0.4, 0.5) is 5.13 Å². The number of fused-ring (bicyclic) bond motifs is 1. The lowest BCUT2D eigenvalue weighted by Gasteiger charge is -2.06. The van der Waals surface area contributed by atoms with Gasteiger partial charge in [-0.2, -0.15) is 0 Å². The Kier molecular flexibility index (Phi) is 5.25. The summed E-state index contributed by atoms with van der Waals surface area (Å²) in [5, 5.41) is 14.5. The molecule has 148 valence electrons. The molecule has 7 nitrogen and oxygen atoms in total. The van der Waals surface area contributed by atoms with E-state index < -0.39 is 0 Å². The predicted octanol–water partition coefficient (Wildman–Crippen LogP) is 4.05. The number of thiophene rings is 1. The van der Waals surface area contributed by atoms with Crippen LogP contribution in [0, 0.1) is 6.92 Å². The molecule has 1 amide bonds. The van der Waals surface area contributed by atoms with Gasteiger partial charge in [-0.1, -0.05) is 55.0 Å². The fourth-order valence-electron chi connectivity index (χ4n) is 2.86. The van der Waals surface area contributed by atoms with Crippen molar-refractivity contribution in [2.45, 2.75) is 33.2 Å². The van der Waals surface area contributed by atoms with Crippen LogP contribution in [0.3, 0.4) is 0 Å². The molecule has 3 aromatic heterocycles. The van der Waals surface area contributed by atoms with Crippen LogP contribution >= 0.6 is 22.7 Å². The minimum Gasteiger partial charge on any atom is -0.299 e. The summed E-state index contributed by atoms with van der Waals surface area (Å²) in [7, 11) is 0. The molecule has 9 heteroatoms. The van der Waals surface area contributed by atoms with Crippen molar-refractivity contribution in [3.63, 3.8) is 0 Å². The molecule has 0 spiro atoms. The van der Waals surface area contributed by atoms with Gasteiger partial charge in [-0.15, -0.1) is 21.5 Å². The number of anilines is 1. The number of hydrogen-bond donors (Lipinski definition) is 1. The first kappa shape index (κ1) is 19.4. The van der Waals surface area contributed by atoms with Crippen molar-refractivity contribution in [1.29, 1.82) is 0 Å². The quantitative estimate of drug-likeness (QED) is 0.521. The number of carbonyl (C=O) groups excluding carboxylic acids is 1. The van der Waals surface area contributed by atoms with Crippen molar-refractivity contribution in [1.82, 2.24) is 19.7 Å². The van der Waals surface area contributed by atoms with E-state index in [1.807, 2.05) is 50.4 Å². The molecule has 1 aromatic carbocycles. The van der Waals surface area contributed by atoms with Crippen LogP contribution in [-0.2, 0) is 11.3 Å². The molecule has 0 unspecified atom stereocenters. The molecule has 0 aliphatic heterocycles. The Hall–Kier alpha value is -2.91. The lowest BCUT2D eigenvalue weighted by atomic mass is 10.1. The van der Waals surface area contributed by atoms with E-state index in [2.05, 4.69) is 20.5 Å². The zero-order valence-electron chi connectivity index (χ0n) is 16.2. The normalized spacial score (nSPS) is 11.3. The standard InChI is InChI=1S/C20H19N5O2S2/c1-11(2)17-23-24-20(29-17)22-15(26)8-25-10-21-18-16(19(25)27)14(9-28-18)13-6-4-12(3)5-7-13/h4-7,9-11H,8H2,1-3H3,(H,22,24,26). The summed E-state index contributed by atoms with van der Waals surface area (Å²) in [5.41, 5.74) is 2.71. The molecule has 0 bridgehead atoms. The molecule has 0 aliphatic rings. The van der Waals surface area contributed by atoms with Crippen LogP contribution < -0.4 is 10.9 Å². The SMILES string of the molecule is Cc1ccc(-c2csc3ncn(CC(=O)Nc4nnc(C(C)C)s4)c(=O)c23)cc1. The van der Waals surface area contributed by atoms with Crippen LogP contribution in [-0.4, -0.2) is 25.7 Å². The van der Waals surface area contributed by atoms with Gasteiger partial charge in [0.2, 0.25) is 11.0 Å². The maximum atomic E-state index is 13.1. The van der Waals surface area contributed by atoms with E-state index >= 15 is 0 Å². The Labute approximate surface area is 175 Å². The van der Waals surface area contributed by atoms with Gasteiger partial charge in [-0.25, -0.2) is 4.98 Å². The monoisotopic (exact) mass is 425 g/mol. The number of amides is 1. The molecule has 0 radical (unpaired) electrons. The molecule has 0 aliphatic carbocycles. The Morgan fingerprint density at radius 3 is 2.66 bits per heavy atom. The van der Waals surface area contributed by atoms with E-state index in [0.717, 1.165) is 21.7 Å². The maximum absolute atomic E-state index is 13.1. The van der Waals surface area contributed by atoms with Crippen LogP contribution in [0.5, 0.6) is 0 Å². The number of carbonyl (C=O) groups is 1. The van der Waals surface area contributed by atoms with Crippen molar-refractivity contribution >= 4 is 43.9 Å². The van der Waals surface area contributed by atoms with Crippen molar-refractivity contribution in [2.75, 3.05) is 5.32 Å². The van der Waals surface area contributed by atoms with E-state index in [4.69, 9.17) is 0 Å². The van der Waals surface area contributed by atoms with Gasteiger partial charge in [0.1, 0.15) is 16.4 Å². The molecular formula is C20H19N5O2S2. The van der Waals surface area contributed by atoms with Crippen molar-refractivity contribution in [3.8, 4) is 11.1 Å². The van der Waals surface area contributed by atoms with Crippen LogP contribution in [0.1, 0.15) is 30.3 Å². The molecule has 4 rings (SSSR count). The van der Waals surface area contributed by atoms with E-state index in [-0.39, 0.29) is 23.9 Å². The minimum absolute atomic E-state index is 0.137. The number of aryl methyl sites for hydroxylation is 1. The van der Waals surface area contributed by atoms with Gasteiger partial charge >= 0.3 is 0 Å². The molecule has 0 saturated carbocycles. The highest BCUT2D eigenvalue weighted by molar-refractivity contribution is 7.17. The summed E-state index contributed by atoms with van der Waals surface area (Å²) in [6.07, 6.45) is 1.42. The summed E-state index contributed by atoms with van der Waals surface area (Å²) in [4.78, 5) is 30.5. The molecule has 0 atom stereocenters. The predicted molar refractivity (Wildman–Crippen MR) is 117 cm³/mol. The summed E-state index contributed by atoms with van der Waals surface area (Å²) >= 11 is 2.75. The number of nitrogens with one attached hydrogen (secondary N) is 1. The Morgan fingerprint density at radius 2 is 1.97 bits per heavy atom. The summed E-state index contributed by atoms with van der Waals surface area (Å²) in [6, 6.07) is 7.99. The zero-order chi connectivity index (χ0) is 20.5. The molecular weight excluding hydrogens is 406 g/mol. The molecule has 0 saturated heterocycles. The fraction of sp³-hybridized carbons (Fsp3) is 0.250. The molecule has 4 aromatic rings. The van der Waals surface area contributed by atoms with Crippen LogP contribution in [0.25, 0.3) is 21.3 Å². The maximum Gasteiger partial charge on any atom is 0.263 e. The average molecular weight is 426 g/mol. The Balaban J connectivity index is 1.61. The third-order valence-corrected chi connectivity index (χ3v) is 6.44. The molecule has 29 heavy (non-hydrogen) atoms. The number of hydrogen-bond acceptors (Lipinski definition) is 7. The number of benzene rings is 1. The molecule has 3 heterocycles. The van der Waals surface area contributed by atoms with Gasteiger partial charge in [0.15, 0.2) is 0 Å². The zero-order valence-corrected chi connectivity index (χ0v) is 17.8. The lowest BCUT2D eigenvalue weighted by Crippen LogP contribution is -2.27. The van der Waals surface area contributed by atoms with Crippen molar-refractivity contribution in [2.24, 2.45) is 0 Å². The fourth-order valence-corrected chi connectivity index (χ4v) is 4.53. The second-order valence-corrected chi connectivity index (χ2v) is 8.89. The van der Waals surface area contributed by atoms with Gasteiger partial charge in [0.25, 0.3) is 5.56 Å². The van der Waals surface area contributed by atoms with Crippen molar-refractivity contribution < 1.29 is 4.79 Å². The van der Waals surface area contributed by atoms with E-state index in [1.165, 1.54) is 33.6 Å². The first-order valence-electron chi connectivity index (χ1n) is 9.09. The number of aromatic nitrogens is 4. The minimum atomic E-state index is -0.341.